The van der Waals surface area contributed by atoms with Crippen molar-refractivity contribution in [3.8, 4) is 0 Å². The number of rotatable bonds is 6. The van der Waals surface area contributed by atoms with Gasteiger partial charge in [-0.3, -0.25) is 14.4 Å². The second kappa shape index (κ2) is 7.82. The summed E-state index contributed by atoms with van der Waals surface area (Å²) < 4.78 is 4.75. The smallest absolute Gasteiger partial charge is 0.319 e. The van der Waals surface area contributed by atoms with Crippen LogP contribution >= 0.6 is 11.3 Å². The van der Waals surface area contributed by atoms with Crippen molar-refractivity contribution in [3.63, 3.8) is 0 Å². The number of aldehydes is 1. The van der Waals surface area contributed by atoms with Gasteiger partial charge in [-0.1, -0.05) is 5.16 Å². The maximum Gasteiger partial charge on any atom is 0.319 e. The molecule has 1 atom stereocenters. The van der Waals surface area contributed by atoms with Gasteiger partial charge in [0.2, 0.25) is 0 Å². The molecule has 2 N–H and O–H groups in total. The number of carbonyl (C=O) groups is 3. The molecule has 1 aromatic heterocycles. The molecule has 23 heavy (non-hydrogen) atoms. The summed E-state index contributed by atoms with van der Waals surface area (Å²) in [7, 11) is 0. The number of esters is 2. The third-order valence-electron chi connectivity index (χ3n) is 2.59. The lowest BCUT2D eigenvalue weighted by Crippen LogP contribution is -2.29. The highest BCUT2D eigenvalue weighted by atomic mass is 32.1. The van der Waals surface area contributed by atoms with Gasteiger partial charge in [-0.15, -0.1) is 11.3 Å². The third kappa shape index (κ3) is 5.78. The van der Waals surface area contributed by atoms with Gasteiger partial charge in [0.25, 0.3) is 0 Å². The summed E-state index contributed by atoms with van der Waals surface area (Å²) >= 11 is 1.16. The summed E-state index contributed by atoms with van der Waals surface area (Å²) in [6.45, 7) is 6.31. The molecule has 1 aromatic rings. The molecular weight excluding hydrogens is 322 g/mol. The quantitative estimate of drug-likeness (QED) is 0.273. The summed E-state index contributed by atoms with van der Waals surface area (Å²) in [5, 5.41) is 5.48. The molecule has 0 aliphatic heterocycles. The number of hydrogen-bond donors (Lipinski definition) is 1. The minimum absolute atomic E-state index is 0.0377. The Morgan fingerprint density at radius 3 is 2.61 bits per heavy atom. The summed E-state index contributed by atoms with van der Waals surface area (Å²) in [4.78, 5) is 43.2. The lowest BCUT2D eigenvalue weighted by Gasteiger charge is -2.17. The van der Waals surface area contributed by atoms with Crippen LogP contribution in [0.4, 0.5) is 5.13 Å². The third-order valence-corrected chi connectivity index (χ3v) is 3.27. The molecule has 0 fully saturated rings. The molecule has 1 heterocycles. The maximum absolute atomic E-state index is 11.8. The monoisotopic (exact) mass is 341 g/mol. The van der Waals surface area contributed by atoms with Crippen LogP contribution in [-0.2, 0) is 24.0 Å². The molecule has 8 nitrogen and oxygen atoms in total. The van der Waals surface area contributed by atoms with E-state index in [1.807, 2.05) is 0 Å². The van der Waals surface area contributed by atoms with Crippen LogP contribution in [-0.4, -0.2) is 35.5 Å². The molecule has 126 valence electrons. The number of nitrogen functional groups attached to an aromatic ring is 1. The Morgan fingerprint density at radius 2 is 2.13 bits per heavy atom. The van der Waals surface area contributed by atoms with Crippen molar-refractivity contribution in [2.45, 2.75) is 27.7 Å². The molecule has 0 radical (unpaired) electrons. The first-order valence-electron chi connectivity index (χ1n) is 6.77. The van der Waals surface area contributed by atoms with E-state index in [0.717, 1.165) is 11.3 Å². The predicted molar refractivity (Wildman–Crippen MR) is 84.8 cm³/mol. The van der Waals surface area contributed by atoms with E-state index in [-0.39, 0.29) is 12.3 Å². The van der Waals surface area contributed by atoms with Gasteiger partial charge in [0.1, 0.15) is 12.3 Å². The van der Waals surface area contributed by atoms with Crippen molar-refractivity contribution < 1.29 is 24.0 Å². The molecular formula is C14H19N3O5S. The minimum Gasteiger partial charge on any atom is -0.394 e. The second-order valence-electron chi connectivity index (χ2n) is 5.82. The minimum atomic E-state index is -0.774. The highest BCUT2D eigenvalue weighted by molar-refractivity contribution is 7.13. The van der Waals surface area contributed by atoms with Crippen LogP contribution in [0.1, 0.15) is 33.4 Å². The van der Waals surface area contributed by atoms with Gasteiger partial charge < -0.3 is 15.3 Å². The van der Waals surface area contributed by atoms with E-state index in [2.05, 4.69) is 10.1 Å². The molecule has 0 saturated heterocycles. The Kier molecular flexibility index (Phi) is 6.38. The molecule has 0 saturated carbocycles. The first-order valence-corrected chi connectivity index (χ1v) is 7.65. The Hall–Kier alpha value is -2.29. The predicted octanol–water partition coefficient (Wildman–Crippen LogP) is 1.40. The summed E-state index contributed by atoms with van der Waals surface area (Å²) in [6.07, 6.45) is 0.473. The van der Waals surface area contributed by atoms with E-state index < -0.39 is 23.3 Å². The molecule has 9 heteroatoms. The molecule has 0 bridgehead atoms. The normalized spacial score (nSPS) is 13.3. The van der Waals surface area contributed by atoms with Crippen LogP contribution in [0.2, 0.25) is 0 Å². The fourth-order valence-electron chi connectivity index (χ4n) is 1.17. The van der Waals surface area contributed by atoms with E-state index in [9.17, 15) is 14.4 Å². The largest absolute Gasteiger partial charge is 0.394 e. The van der Waals surface area contributed by atoms with E-state index in [1.54, 1.807) is 26.2 Å². The van der Waals surface area contributed by atoms with Gasteiger partial charge in [0.15, 0.2) is 17.1 Å². The molecule has 1 rings (SSSR count). The number of aromatic nitrogens is 1. The Balaban J connectivity index is 2.56. The maximum atomic E-state index is 11.8. The highest BCUT2D eigenvalue weighted by Gasteiger charge is 2.28. The van der Waals surface area contributed by atoms with Crippen molar-refractivity contribution in [2.75, 3.05) is 12.3 Å². The number of oxime groups is 1. The Morgan fingerprint density at radius 1 is 1.48 bits per heavy atom. The van der Waals surface area contributed by atoms with E-state index in [4.69, 9.17) is 15.3 Å². The Bertz CT molecular complexity index is 618. The van der Waals surface area contributed by atoms with Crippen LogP contribution in [0.3, 0.4) is 0 Å². The lowest BCUT2D eigenvalue weighted by atomic mass is 9.97. The Labute approximate surface area is 137 Å². The summed E-state index contributed by atoms with van der Waals surface area (Å²) in [6, 6.07) is 0. The fraction of sp³-hybridized carbons (Fsp3) is 0.500. The SMILES string of the molecule is CC(CO/N=C(\C=O)c1csc(N)n1)C(=O)OC(=O)C(C)(C)C. The zero-order valence-electron chi connectivity index (χ0n) is 13.4. The number of ether oxygens (including phenoxy) is 1. The van der Waals surface area contributed by atoms with Gasteiger partial charge in [-0.25, -0.2) is 4.98 Å². The van der Waals surface area contributed by atoms with Crippen LogP contribution < -0.4 is 5.73 Å². The fourth-order valence-corrected chi connectivity index (χ4v) is 1.72. The van der Waals surface area contributed by atoms with Crippen molar-refractivity contribution in [3.05, 3.63) is 11.1 Å². The van der Waals surface area contributed by atoms with Crippen molar-refractivity contribution in [2.24, 2.45) is 16.5 Å². The first-order chi connectivity index (χ1) is 10.6. The molecule has 0 aliphatic rings. The number of hydrogen-bond acceptors (Lipinski definition) is 9. The van der Waals surface area contributed by atoms with Gasteiger partial charge in [0, 0.05) is 5.38 Å². The van der Waals surface area contributed by atoms with Crippen molar-refractivity contribution in [1.29, 1.82) is 0 Å². The van der Waals surface area contributed by atoms with E-state index in [1.165, 1.54) is 6.92 Å². The van der Waals surface area contributed by atoms with Crippen molar-refractivity contribution >= 4 is 40.4 Å². The number of nitrogens with two attached hydrogens (primary N) is 1. The molecule has 1 unspecified atom stereocenters. The number of carbonyl (C=O) groups excluding carboxylic acids is 3. The van der Waals surface area contributed by atoms with Crippen LogP contribution in [0.5, 0.6) is 0 Å². The number of nitrogens with zero attached hydrogens (tertiary/aromatic N) is 2. The van der Waals surface area contributed by atoms with Crippen molar-refractivity contribution in [1.82, 2.24) is 4.98 Å². The van der Waals surface area contributed by atoms with Gasteiger partial charge >= 0.3 is 11.9 Å². The van der Waals surface area contributed by atoms with Crippen LogP contribution in [0.25, 0.3) is 0 Å². The average molecular weight is 341 g/mol. The van der Waals surface area contributed by atoms with Gasteiger partial charge in [-0.2, -0.15) is 0 Å². The molecule has 0 amide bonds. The second-order valence-corrected chi connectivity index (χ2v) is 6.71. The molecule has 0 spiro atoms. The average Bonchev–Trinajstić information content (AvgIpc) is 2.88. The van der Waals surface area contributed by atoms with Gasteiger partial charge in [-0.05, 0) is 27.7 Å². The van der Waals surface area contributed by atoms with Gasteiger partial charge in [0.05, 0.1) is 11.3 Å². The highest BCUT2D eigenvalue weighted by Crippen LogP contribution is 2.16. The zero-order chi connectivity index (χ0) is 17.6. The zero-order valence-corrected chi connectivity index (χ0v) is 14.2. The molecule has 0 aliphatic carbocycles. The van der Waals surface area contributed by atoms with E-state index >= 15 is 0 Å². The van der Waals surface area contributed by atoms with E-state index in [0.29, 0.717) is 17.1 Å². The topological polar surface area (TPSA) is 121 Å². The standard InChI is InChI=1S/C14H19N3O5S/c1-8(11(19)22-12(20)14(2,3)4)6-21-17-9(5-18)10-7-23-13(15)16-10/h5,7-8H,6H2,1-4H3,(H2,15,16)/b17-9+. The van der Waals surface area contributed by atoms with Crippen LogP contribution in [0, 0.1) is 11.3 Å². The lowest BCUT2D eigenvalue weighted by molar-refractivity contribution is -0.169. The summed E-state index contributed by atoms with van der Waals surface area (Å²) in [5.74, 6) is -2.06. The molecule has 0 aromatic carbocycles. The first kappa shape index (κ1) is 18.8. The summed E-state index contributed by atoms with van der Waals surface area (Å²) in [5.41, 5.74) is 4.95. The van der Waals surface area contributed by atoms with Crippen LogP contribution in [0.15, 0.2) is 10.5 Å². The number of anilines is 1. The number of thiazole rings is 1.